The molecule has 108 valence electrons. The number of aryl methyl sites for hydroxylation is 1. The lowest BCUT2D eigenvalue weighted by atomic mass is 10.3. The number of imidazole rings is 1. The van der Waals surface area contributed by atoms with E-state index < -0.39 is 0 Å². The summed E-state index contributed by atoms with van der Waals surface area (Å²) < 4.78 is 12.6. The molecule has 2 heterocycles. The minimum atomic E-state index is 0.630. The Morgan fingerprint density at radius 3 is 2.70 bits per heavy atom. The molecule has 0 saturated carbocycles. The van der Waals surface area contributed by atoms with E-state index in [-0.39, 0.29) is 0 Å². The van der Waals surface area contributed by atoms with Gasteiger partial charge in [0.1, 0.15) is 5.82 Å². The number of rotatable bonds is 7. The van der Waals surface area contributed by atoms with Crippen LogP contribution in [-0.4, -0.2) is 35.3 Å². The Hall–Kier alpha value is -2.08. The van der Waals surface area contributed by atoms with Gasteiger partial charge >= 0.3 is 0 Å². The van der Waals surface area contributed by atoms with Crippen molar-refractivity contribution in [3.05, 3.63) is 36.2 Å². The number of aromatic nitrogens is 3. The van der Waals surface area contributed by atoms with Gasteiger partial charge in [0.15, 0.2) is 11.5 Å². The minimum absolute atomic E-state index is 0.630. The molecular weight excluding hydrogens is 256 g/mol. The summed E-state index contributed by atoms with van der Waals surface area (Å²) in [5.74, 6) is 2.44. The molecule has 0 fully saturated rings. The molecule has 0 bridgehead atoms. The van der Waals surface area contributed by atoms with Gasteiger partial charge in [-0.1, -0.05) is 0 Å². The van der Waals surface area contributed by atoms with E-state index >= 15 is 0 Å². The maximum atomic E-state index is 5.35. The lowest BCUT2D eigenvalue weighted by Crippen LogP contribution is -2.19. The molecule has 0 spiro atoms. The highest BCUT2D eigenvalue weighted by molar-refractivity contribution is 5.42. The molecule has 0 aliphatic rings. The van der Waals surface area contributed by atoms with Gasteiger partial charge in [-0.25, -0.2) is 4.98 Å². The molecule has 0 aromatic carbocycles. The molecule has 2 aromatic rings. The fourth-order valence-electron chi connectivity index (χ4n) is 2.02. The van der Waals surface area contributed by atoms with Gasteiger partial charge < -0.3 is 19.4 Å². The van der Waals surface area contributed by atoms with Crippen LogP contribution < -0.4 is 14.8 Å². The third-order valence-electron chi connectivity index (χ3n) is 3.11. The van der Waals surface area contributed by atoms with Crippen LogP contribution in [0.25, 0.3) is 0 Å². The van der Waals surface area contributed by atoms with Crippen molar-refractivity contribution in [3.8, 4) is 11.5 Å². The average molecular weight is 276 g/mol. The molecule has 6 heteroatoms. The molecule has 0 amide bonds. The van der Waals surface area contributed by atoms with Crippen LogP contribution in [0.2, 0.25) is 0 Å². The zero-order valence-electron chi connectivity index (χ0n) is 12.1. The fraction of sp³-hybridized carbons (Fsp3) is 0.429. The second kappa shape index (κ2) is 6.91. The lowest BCUT2D eigenvalue weighted by molar-refractivity contribution is 0.348. The van der Waals surface area contributed by atoms with E-state index in [2.05, 4.69) is 15.3 Å². The molecule has 0 radical (unpaired) electrons. The summed E-state index contributed by atoms with van der Waals surface area (Å²) in [6, 6.07) is 1.79. The quantitative estimate of drug-likeness (QED) is 0.769. The predicted molar refractivity (Wildman–Crippen MR) is 76.0 cm³/mol. The van der Waals surface area contributed by atoms with Crippen molar-refractivity contribution < 1.29 is 9.47 Å². The Bertz CT molecular complexity index is 554. The zero-order chi connectivity index (χ0) is 14.4. The van der Waals surface area contributed by atoms with Crippen molar-refractivity contribution in [2.75, 3.05) is 20.8 Å². The number of hydrogen-bond acceptors (Lipinski definition) is 5. The van der Waals surface area contributed by atoms with E-state index in [1.54, 1.807) is 26.5 Å². The number of nitrogens with one attached hydrogen (secondary N) is 1. The molecule has 20 heavy (non-hydrogen) atoms. The van der Waals surface area contributed by atoms with E-state index in [1.807, 2.05) is 24.0 Å². The van der Waals surface area contributed by atoms with Gasteiger partial charge in [-0.15, -0.1) is 0 Å². The fourth-order valence-corrected chi connectivity index (χ4v) is 2.02. The van der Waals surface area contributed by atoms with Crippen LogP contribution in [0.15, 0.2) is 24.7 Å². The summed E-state index contributed by atoms with van der Waals surface area (Å²) in [7, 11) is 5.24. The SMILES string of the molecule is COc1ccnc(CNCCc2nccn2C)c1OC. The summed E-state index contributed by atoms with van der Waals surface area (Å²) in [4.78, 5) is 8.61. The average Bonchev–Trinajstić information content (AvgIpc) is 2.88. The number of hydrogen-bond donors (Lipinski definition) is 1. The molecule has 0 unspecified atom stereocenters. The van der Waals surface area contributed by atoms with Gasteiger partial charge in [0.2, 0.25) is 0 Å². The first-order valence-electron chi connectivity index (χ1n) is 6.49. The molecule has 0 aliphatic heterocycles. The highest BCUT2D eigenvalue weighted by Gasteiger charge is 2.10. The molecule has 0 atom stereocenters. The minimum Gasteiger partial charge on any atom is -0.493 e. The van der Waals surface area contributed by atoms with Crippen LogP contribution >= 0.6 is 0 Å². The van der Waals surface area contributed by atoms with Crippen LogP contribution in [0.4, 0.5) is 0 Å². The second-order valence-electron chi connectivity index (χ2n) is 4.37. The van der Waals surface area contributed by atoms with Crippen LogP contribution in [0.5, 0.6) is 11.5 Å². The Balaban J connectivity index is 1.89. The monoisotopic (exact) mass is 276 g/mol. The van der Waals surface area contributed by atoms with Crippen LogP contribution in [0, 0.1) is 0 Å². The first kappa shape index (κ1) is 14.3. The molecule has 1 N–H and O–H groups in total. The van der Waals surface area contributed by atoms with Gasteiger partial charge in [0, 0.05) is 51.2 Å². The summed E-state index contributed by atoms with van der Waals surface area (Å²) in [5, 5.41) is 3.34. The first-order chi connectivity index (χ1) is 9.76. The lowest BCUT2D eigenvalue weighted by Gasteiger charge is -2.12. The van der Waals surface area contributed by atoms with Gasteiger partial charge in [-0.05, 0) is 0 Å². The highest BCUT2D eigenvalue weighted by Crippen LogP contribution is 2.28. The van der Waals surface area contributed by atoms with Gasteiger partial charge in [-0.2, -0.15) is 0 Å². The predicted octanol–water partition coefficient (Wildman–Crippen LogP) is 1.16. The van der Waals surface area contributed by atoms with Crippen LogP contribution in [-0.2, 0) is 20.0 Å². The van der Waals surface area contributed by atoms with E-state index in [9.17, 15) is 0 Å². The summed E-state index contributed by atoms with van der Waals surface area (Å²) in [6.45, 7) is 1.46. The zero-order valence-corrected chi connectivity index (χ0v) is 12.1. The molecule has 0 aliphatic carbocycles. The van der Waals surface area contributed by atoms with E-state index in [4.69, 9.17) is 9.47 Å². The largest absolute Gasteiger partial charge is 0.493 e. The van der Waals surface area contributed by atoms with Crippen LogP contribution in [0.3, 0.4) is 0 Å². The second-order valence-corrected chi connectivity index (χ2v) is 4.37. The summed E-state index contributed by atoms with van der Waals surface area (Å²) in [6.07, 6.45) is 6.34. The number of ether oxygens (including phenoxy) is 2. The Morgan fingerprint density at radius 2 is 2.05 bits per heavy atom. The molecule has 0 saturated heterocycles. The highest BCUT2D eigenvalue weighted by atomic mass is 16.5. The van der Waals surface area contributed by atoms with E-state index in [0.29, 0.717) is 18.0 Å². The molecule has 6 nitrogen and oxygen atoms in total. The van der Waals surface area contributed by atoms with E-state index in [0.717, 1.165) is 24.5 Å². The normalized spacial score (nSPS) is 10.6. The maximum absolute atomic E-state index is 5.35. The third-order valence-corrected chi connectivity index (χ3v) is 3.11. The van der Waals surface area contributed by atoms with Crippen molar-refractivity contribution in [2.45, 2.75) is 13.0 Å². The number of pyridine rings is 1. The number of methoxy groups -OCH3 is 2. The molecular formula is C14H20N4O2. The standard InChI is InChI=1S/C14H20N4O2/c1-18-9-8-17-13(18)5-6-15-10-11-14(20-3)12(19-2)4-7-16-11/h4,7-9,15H,5-6,10H2,1-3H3. The topological polar surface area (TPSA) is 61.2 Å². The van der Waals surface area contributed by atoms with Crippen molar-refractivity contribution in [3.63, 3.8) is 0 Å². The van der Waals surface area contributed by atoms with Gasteiger partial charge in [-0.3, -0.25) is 4.98 Å². The van der Waals surface area contributed by atoms with Gasteiger partial charge in [0.05, 0.1) is 19.9 Å². The van der Waals surface area contributed by atoms with Crippen molar-refractivity contribution in [1.29, 1.82) is 0 Å². The summed E-state index contributed by atoms with van der Waals surface area (Å²) in [5.41, 5.74) is 0.840. The number of nitrogens with zero attached hydrogens (tertiary/aromatic N) is 3. The Labute approximate surface area is 118 Å². The van der Waals surface area contributed by atoms with E-state index in [1.165, 1.54) is 0 Å². The smallest absolute Gasteiger partial charge is 0.183 e. The van der Waals surface area contributed by atoms with Crippen molar-refractivity contribution in [2.24, 2.45) is 7.05 Å². The van der Waals surface area contributed by atoms with Gasteiger partial charge in [0.25, 0.3) is 0 Å². The third kappa shape index (κ3) is 3.27. The Kier molecular flexibility index (Phi) is 4.95. The van der Waals surface area contributed by atoms with Crippen LogP contribution in [0.1, 0.15) is 11.5 Å². The molecule has 2 rings (SSSR count). The first-order valence-corrected chi connectivity index (χ1v) is 6.49. The maximum Gasteiger partial charge on any atom is 0.183 e. The van der Waals surface area contributed by atoms with Crippen molar-refractivity contribution in [1.82, 2.24) is 19.9 Å². The Morgan fingerprint density at radius 1 is 1.20 bits per heavy atom. The molecule has 2 aromatic heterocycles. The summed E-state index contributed by atoms with van der Waals surface area (Å²) >= 11 is 0. The van der Waals surface area contributed by atoms with Crippen molar-refractivity contribution >= 4 is 0 Å².